The lowest BCUT2D eigenvalue weighted by Gasteiger charge is -2.30. The van der Waals surface area contributed by atoms with Crippen LogP contribution in [0.1, 0.15) is 93.0 Å². The van der Waals surface area contributed by atoms with Gasteiger partial charge in [0.15, 0.2) is 0 Å². The summed E-state index contributed by atoms with van der Waals surface area (Å²) in [7, 11) is 0. The molecule has 0 saturated heterocycles. The molecule has 2 aromatic carbocycles. The molecule has 400 valence electrons. The minimum absolute atomic E-state index is 0.00241. The zero-order valence-corrected chi connectivity index (χ0v) is 40.2. The third kappa shape index (κ3) is 19.6. The number of benzene rings is 2. The minimum Gasteiger partial charge on any atom is -0.481 e. The van der Waals surface area contributed by atoms with E-state index in [0.717, 1.165) is 22.5 Å². The SMILES string of the molecule is NNc1ccc(C(=O)NC(CCC(=O)O)C(=O)NC(CC(=O)O)C(=O)NCC2CCC(C(=O)NC(Cc3ccc4ccccc4c3)C(=O)NCCCCC(NC(=O)NC(CCC(=O)O)C(=O)O)C(=O)O)CC2)cn1. The Hall–Kier alpha value is -8.42. The Kier molecular flexibility index (Phi) is 22.9. The summed E-state index contributed by atoms with van der Waals surface area (Å²) in [6.07, 6.45) is 0.515. The molecule has 1 fully saturated rings. The Labute approximate surface area is 423 Å². The maximum atomic E-state index is 13.8. The molecule has 15 N–H and O–H groups in total. The fourth-order valence-corrected chi connectivity index (χ4v) is 8.09. The van der Waals surface area contributed by atoms with E-state index < -0.39 is 128 Å². The van der Waals surface area contributed by atoms with E-state index in [0.29, 0.717) is 25.7 Å². The highest BCUT2D eigenvalue weighted by molar-refractivity contribution is 5.99. The van der Waals surface area contributed by atoms with E-state index in [1.54, 1.807) is 0 Å². The van der Waals surface area contributed by atoms with E-state index in [1.807, 2.05) is 42.5 Å². The van der Waals surface area contributed by atoms with Gasteiger partial charge < -0.3 is 68.2 Å². The van der Waals surface area contributed by atoms with Crippen LogP contribution in [-0.4, -0.2) is 139 Å². The number of hydrogen-bond donors (Lipinski definition) is 14. The molecule has 0 spiro atoms. The largest absolute Gasteiger partial charge is 0.481 e. The van der Waals surface area contributed by atoms with Gasteiger partial charge in [-0.2, -0.15) is 0 Å². The average molecular weight is 1040 g/mol. The van der Waals surface area contributed by atoms with Crippen molar-refractivity contribution in [3.05, 3.63) is 71.9 Å². The fourth-order valence-electron chi connectivity index (χ4n) is 8.09. The van der Waals surface area contributed by atoms with Gasteiger partial charge in [-0.1, -0.05) is 42.5 Å². The number of nitrogens with zero attached hydrogens (tertiary/aromatic N) is 1. The van der Waals surface area contributed by atoms with E-state index in [1.165, 1.54) is 12.1 Å². The van der Waals surface area contributed by atoms with Crippen LogP contribution in [0.5, 0.6) is 0 Å². The molecule has 5 unspecified atom stereocenters. The number of carbonyl (C=O) groups excluding carboxylic acids is 6. The quantitative estimate of drug-likeness (QED) is 0.0245. The average Bonchev–Trinajstić information content (AvgIpc) is 3.36. The highest BCUT2D eigenvalue weighted by Gasteiger charge is 2.33. The maximum Gasteiger partial charge on any atom is 0.326 e. The van der Waals surface area contributed by atoms with Gasteiger partial charge in [-0.3, -0.25) is 38.4 Å². The summed E-state index contributed by atoms with van der Waals surface area (Å²) >= 11 is 0. The molecule has 26 nitrogen and oxygen atoms in total. The molecular weight excluding hydrogens is 973 g/mol. The number of nitrogen functional groups attached to an aromatic ring is 1. The van der Waals surface area contributed by atoms with E-state index in [2.05, 4.69) is 47.6 Å². The van der Waals surface area contributed by atoms with Crippen LogP contribution < -0.4 is 48.5 Å². The number of urea groups is 1. The number of hydrogen-bond acceptors (Lipinski definition) is 14. The molecule has 74 heavy (non-hydrogen) atoms. The van der Waals surface area contributed by atoms with Crippen LogP contribution in [0, 0.1) is 11.8 Å². The second-order valence-electron chi connectivity index (χ2n) is 17.7. The molecule has 1 heterocycles. The Balaban J connectivity index is 1.32. The van der Waals surface area contributed by atoms with Gasteiger partial charge in [-0.05, 0) is 92.2 Å². The van der Waals surface area contributed by atoms with Crippen LogP contribution in [-0.2, 0) is 49.6 Å². The van der Waals surface area contributed by atoms with Crippen molar-refractivity contribution in [1.82, 2.24) is 42.2 Å². The van der Waals surface area contributed by atoms with Crippen molar-refractivity contribution in [2.24, 2.45) is 17.7 Å². The molecule has 1 aliphatic rings. The van der Waals surface area contributed by atoms with Gasteiger partial charge in [0.2, 0.25) is 23.6 Å². The van der Waals surface area contributed by atoms with Crippen molar-refractivity contribution in [3.63, 3.8) is 0 Å². The first-order valence-electron chi connectivity index (χ1n) is 23.8. The number of rotatable bonds is 30. The molecule has 4 rings (SSSR count). The number of nitrogens with two attached hydrogens (primary N) is 1. The van der Waals surface area contributed by atoms with Crippen molar-refractivity contribution in [1.29, 1.82) is 0 Å². The molecule has 5 atom stereocenters. The van der Waals surface area contributed by atoms with Gasteiger partial charge in [-0.15, -0.1) is 0 Å². The number of carboxylic acid groups (broad SMARTS) is 5. The number of pyridine rings is 1. The van der Waals surface area contributed by atoms with E-state index in [4.69, 9.17) is 10.9 Å². The molecule has 0 aliphatic heterocycles. The maximum absolute atomic E-state index is 13.8. The topological polar surface area (TPSA) is 424 Å². The van der Waals surface area contributed by atoms with Gasteiger partial charge in [0.1, 0.15) is 36.0 Å². The normalized spacial score (nSPS) is 16.1. The Morgan fingerprint density at radius 1 is 0.595 bits per heavy atom. The first-order valence-corrected chi connectivity index (χ1v) is 23.8. The number of anilines is 1. The lowest BCUT2D eigenvalue weighted by molar-refractivity contribution is -0.142. The number of unbranched alkanes of at least 4 members (excludes halogenated alkanes) is 1. The fraction of sp³-hybridized carbons (Fsp3) is 0.458. The lowest BCUT2D eigenvalue weighted by atomic mass is 9.81. The summed E-state index contributed by atoms with van der Waals surface area (Å²) in [4.78, 5) is 141. The summed E-state index contributed by atoms with van der Waals surface area (Å²) in [6, 6.07) is 7.73. The van der Waals surface area contributed by atoms with Crippen LogP contribution in [0.25, 0.3) is 10.8 Å². The summed E-state index contributed by atoms with van der Waals surface area (Å²) in [5, 5.41) is 65.8. The second kappa shape index (κ2) is 29.2. The first-order chi connectivity index (χ1) is 35.2. The highest BCUT2D eigenvalue weighted by Crippen LogP contribution is 2.29. The van der Waals surface area contributed by atoms with E-state index >= 15 is 0 Å². The van der Waals surface area contributed by atoms with Gasteiger partial charge in [0.25, 0.3) is 5.91 Å². The zero-order chi connectivity index (χ0) is 54.3. The number of aliphatic carboxylic acids is 5. The Bertz CT molecular complexity index is 2500. The summed E-state index contributed by atoms with van der Waals surface area (Å²) in [5.74, 6) is -5.56. The Morgan fingerprint density at radius 2 is 1.22 bits per heavy atom. The number of nitrogens with one attached hydrogen (secondary N) is 8. The van der Waals surface area contributed by atoms with Crippen molar-refractivity contribution in [2.75, 3.05) is 18.5 Å². The number of amides is 7. The van der Waals surface area contributed by atoms with Crippen LogP contribution in [0.4, 0.5) is 10.6 Å². The Morgan fingerprint density at radius 3 is 1.81 bits per heavy atom. The number of carbonyl (C=O) groups is 11. The van der Waals surface area contributed by atoms with Gasteiger partial charge in [0, 0.05) is 44.5 Å². The molecule has 26 heteroatoms. The first kappa shape index (κ1) is 58.2. The molecule has 0 radical (unpaired) electrons. The van der Waals surface area contributed by atoms with Crippen molar-refractivity contribution in [3.8, 4) is 0 Å². The van der Waals surface area contributed by atoms with Gasteiger partial charge in [-0.25, -0.2) is 25.2 Å². The van der Waals surface area contributed by atoms with Crippen LogP contribution in [0.2, 0.25) is 0 Å². The molecule has 3 aromatic rings. The van der Waals surface area contributed by atoms with E-state index in [9.17, 15) is 73.2 Å². The lowest BCUT2D eigenvalue weighted by Crippen LogP contribution is -2.54. The summed E-state index contributed by atoms with van der Waals surface area (Å²) < 4.78 is 0. The number of carboxylic acids is 5. The monoisotopic (exact) mass is 1030 g/mol. The molecule has 7 amide bonds. The predicted octanol–water partition coefficient (Wildman–Crippen LogP) is 0.450. The van der Waals surface area contributed by atoms with E-state index in [-0.39, 0.29) is 62.0 Å². The summed E-state index contributed by atoms with van der Waals surface area (Å²) in [5.41, 5.74) is 3.05. The van der Waals surface area contributed by atoms with Gasteiger partial charge in [0.05, 0.1) is 12.0 Å². The third-order valence-corrected chi connectivity index (χ3v) is 12.2. The smallest absolute Gasteiger partial charge is 0.326 e. The van der Waals surface area contributed by atoms with Crippen molar-refractivity contribution < 1.29 is 78.3 Å². The molecule has 1 saturated carbocycles. The van der Waals surface area contributed by atoms with Crippen molar-refractivity contribution >= 4 is 82.0 Å². The van der Waals surface area contributed by atoms with Crippen LogP contribution >= 0.6 is 0 Å². The van der Waals surface area contributed by atoms with Gasteiger partial charge >= 0.3 is 35.9 Å². The standard InChI is InChI=1S/C48H62N10O16/c49-58-37-17-14-31(25-51-37)42(66)53-32(15-18-38(59)60)45(69)55-36(23-40(63)64)44(68)52-24-26-8-12-29(13-9-26)41(65)54-35(22-27-10-11-28-5-1-2-6-30(28)21-27)43(67)50-20-4-3-7-33(46(70)71)56-48(74)57-34(47(72)73)16-19-39(61)62/h1-2,5-6,10-11,14,17,21,25-26,29,32-36H,3-4,7-9,12-13,15-16,18-20,22-24,49H2,(H,50,67)(H,51,58)(H,52,68)(H,53,66)(H,54,65)(H,55,69)(H,59,60)(H,61,62)(H,63,64)(H,70,71)(H,72,73)(H2,56,57,74). The second-order valence-corrected chi connectivity index (χ2v) is 17.7. The number of hydrazine groups is 1. The molecular formula is C48H62N10O16. The molecule has 1 aliphatic carbocycles. The molecule has 1 aromatic heterocycles. The van der Waals surface area contributed by atoms with Crippen LogP contribution in [0.15, 0.2) is 60.8 Å². The number of fused-ring (bicyclic) bond motifs is 1. The minimum atomic E-state index is -1.61. The third-order valence-electron chi connectivity index (χ3n) is 12.2. The highest BCUT2D eigenvalue weighted by atomic mass is 16.4. The predicted molar refractivity (Wildman–Crippen MR) is 261 cm³/mol. The zero-order valence-electron chi connectivity index (χ0n) is 40.2. The van der Waals surface area contributed by atoms with Crippen molar-refractivity contribution in [2.45, 2.75) is 114 Å². The summed E-state index contributed by atoms with van der Waals surface area (Å²) in [6.45, 7) is 0.122. The molecule has 0 bridgehead atoms. The number of aromatic nitrogens is 1. The van der Waals surface area contributed by atoms with Crippen LogP contribution in [0.3, 0.4) is 0 Å².